The van der Waals surface area contributed by atoms with Gasteiger partial charge in [-0.15, -0.1) is 24.0 Å². The molecule has 0 aliphatic carbocycles. The van der Waals surface area contributed by atoms with Crippen molar-refractivity contribution in [2.45, 2.75) is 13.5 Å². The van der Waals surface area contributed by atoms with Gasteiger partial charge in [-0.1, -0.05) is 18.2 Å². The average Bonchev–Trinajstić information content (AvgIpc) is 3.28. The normalized spacial score (nSPS) is 11.0. The second kappa shape index (κ2) is 12.1. The molecule has 3 rings (SSSR count). The third-order valence-corrected chi connectivity index (χ3v) is 4.23. The minimum Gasteiger partial charge on any atom is -0.492 e. The van der Waals surface area contributed by atoms with E-state index in [1.54, 1.807) is 12.1 Å². The van der Waals surface area contributed by atoms with E-state index in [9.17, 15) is 4.39 Å². The molecule has 0 amide bonds. The van der Waals surface area contributed by atoms with Crippen LogP contribution >= 0.6 is 24.0 Å². The predicted octanol–water partition coefficient (Wildman–Crippen LogP) is 3.71. The number of H-pyrrole nitrogens is 1. The van der Waals surface area contributed by atoms with Crippen LogP contribution in [0.4, 0.5) is 4.39 Å². The van der Waals surface area contributed by atoms with E-state index >= 15 is 0 Å². The average molecular weight is 524 g/mol. The Morgan fingerprint density at radius 3 is 2.73 bits per heavy atom. The Bertz CT molecular complexity index is 918. The zero-order valence-corrected chi connectivity index (χ0v) is 19.3. The van der Waals surface area contributed by atoms with Gasteiger partial charge in [0.15, 0.2) is 11.8 Å². The first-order valence-electron chi connectivity index (χ1n) is 9.48. The van der Waals surface area contributed by atoms with Crippen LogP contribution < -0.4 is 10.1 Å². The molecule has 0 spiro atoms. The lowest BCUT2D eigenvalue weighted by atomic mass is 10.1. The molecule has 0 aliphatic rings. The molecule has 2 aromatic carbocycles. The van der Waals surface area contributed by atoms with Gasteiger partial charge in [-0.2, -0.15) is 5.10 Å². The Morgan fingerprint density at radius 1 is 1.23 bits per heavy atom. The molecule has 0 saturated heterocycles. The lowest BCUT2D eigenvalue weighted by Gasteiger charge is -2.22. The van der Waals surface area contributed by atoms with E-state index in [0.29, 0.717) is 25.4 Å². The Labute approximate surface area is 192 Å². The van der Waals surface area contributed by atoms with Crippen molar-refractivity contribution in [2.24, 2.45) is 4.99 Å². The fraction of sp³-hybridized carbons (Fsp3) is 0.286. The number of aromatic nitrogens is 3. The first kappa shape index (κ1) is 23.6. The molecule has 0 aliphatic heterocycles. The van der Waals surface area contributed by atoms with Gasteiger partial charge in [-0.25, -0.2) is 14.4 Å². The van der Waals surface area contributed by atoms with Gasteiger partial charge in [0.2, 0.25) is 0 Å². The Kier molecular flexibility index (Phi) is 9.52. The van der Waals surface area contributed by atoms with E-state index in [1.807, 2.05) is 43.1 Å². The summed E-state index contributed by atoms with van der Waals surface area (Å²) in [7, 11) is 1.96. The fourth-order valence-corrected chi connectivity index (χ4v) is 2.73. The lowest BCUT2D eigenvalue weighted by molar-refractivity contribution is 0.281. The molecule has 9 heteroatoms. The number of benzene rings is 2. The summed E-state index contributed by atoms with van der Waals surface area (Å²) in [5.41, 5.74) is 2.05. The zero-order valence-electron chi connectivity index (χ0n) is 17.0. The minimum absolute atomic E-state index is 0. The zero-order chi connectivity index (χ0) is 20.5. The number of likely N-dealkylation sites (N-methyl/N-ethyl adjacent to an activating group) is 1. The summed E-state index contributed by atoms with van der Waals surface area (Å²) in [5.74, 6) is 1.90. The minimum atomic E-state index is -0.275. The van der Waals surface area contributed by atoms with Crippen LogP contribution in [0.25, 0.3) is 11.4 Å². The number of halogens is 2. The van der Waals surface area contributed by atoms with E-state index in [-0.39, 0.29) is 29.8 Å². The SMILES string of the molecule is CCNC(=NCc1cccc(-c2ncn[nH]2)c1)N(C)CCOc1ccc(F)cc1.I. The van der Waals surface area contributed by atoms with Gasteiger partial charge in [0.1, 0.15) is 24.5 Å². The maximum atomic E-state index is 13.0. The first-order valence-corrected chi connectivity index (χ1v) is 9.48. The van der Waals surface area contributed by atoms with Crippen molar-refractivity contribution >= 4 is 29.9 Å². The van der Waals surface area contributed by atoms with Gasteiger partial charge in [0, 0.05) is 19.2 Å². The molecule has 3 aromatic rings. The standard InChI is InChI=1S/C21H25FN6O.HI/c1-3-23-21(28(2)11-12-29-19-9-7-18(22)8-10-19)24-14-16-5-4-6-17(13-16)20-25-15-26-27-20;/h4-10,13,15H,3,11-12,14H2,1-2H3,(H,23,24)(H,25,26,27);1H. The van der Waals surface area contributed by atoms with Crippen LogP contribution in [-0.4, -0.2) is 52.8 Å². The van der Waals surface area contributed by atoms with Crippen molar-refractivity contribution in [3.63, 3.8) is 0 Å². The van der Waals surface area contributed by atoms with Crippen LogP contribution in [0, 0.1) is 5.82 Å². The van der Waals surface area contributed by atoms with Crippen molar-refractivity contribution in [3.05, 3.63) is 66.2 Å². The van der Waals surface area contributed by atoms with Crippen LogP contribution in [0.2, 0.25) is 0 Å². The Morgan fingerprint density at radius 2 is 2.03 bits per heavy atom. The number of nitrogens with one attached hydrogen (secondary N) is 2. The number of guanidine groups is 1. The summed E-state index contributed by atoms with van der Waals surface area (Å²) in [4.78, 5) is 10.9. The summed E-state index contributed by atoms with van der Waals surface area (Å²) in [6.07, 6.45) is 1.49. The highest BCUT2D eigenvalue weighted by atomic mass is 127. The second-order valence-electron chi connectivity index (χ2n) is 6.43. The highest BCUT2D eigenvalue weighted by molar-refractivity contribution is 14.0. The summed E-state index contributed by atoms with van der Waals surface area (Å²) >= 11 is 0. The molecule has 1 heterocycles. The Balaban J connectivity index is 0.00000320. The summed E-state index contributed by atoms with van der Waals surface area (Å²) in [6, 6.07) is 14.1. The first-order chi connectivity index (χ1) is 14.2. The van der Waals surface area contributed by atoms with Crippen molar-refractivity contribution < 1.29 is 9.13 Å². The largest absolute Gasteiger partial charge is 0.492 e. The fourth-order valence-electron chi connectivity index (χ4n) is 2.73. The van der Waals surface area contributed by atoms with Gasteiger partial charge in [0.05, 0.1) is 13.1 Å². The number of hydrogen-bond acceptors (Lipinski definition) is 4. The monoisotopic (exact) mass is 524 g/mol. The molecule has 30 heavy (non-hydrogen) atoms. The molecule has 0 radical (unpaired) electrons. The molecule has 0 saturated carbocycles. The third kappa shape index (κ3) is 6.97. The molecule has 0 unspecified atom stereocenters. The molecular formula is C21H26FIN6O. The van der Waals surface area contributed by atoms with Crippen molar-refractivity contribution in [1.82, 2.24) is 25.4 Å². The molecule has 2 N–H and O–H groups in total. The molecule has 0 bridgehead atoms. The van der Waals surface area contributed by atoms with Crippen LogP contribution in [0.1, 0.15) is 12.5 Å². The summed E-state index contributed by atoms with van der Waals surface area (Å²) in [6.45, 7) is 4.44. The van der Waals surface area contributed by atoms with E-state index in [2.05, 4.69) is 20.5 Å². The second-order valence-corrected chi connectivity index (χ2v) is 6.43. The molecule has 7 nitrogen and oxygen atoms in total. The van der Waals surface area contributed by atoms with Gasteiger partial charge < -0.3 is 15.0 Å². The molecule has 0 atom stereocenters. The van der Waals surface area contributed by atoms with Crippen molar-refractivity contribution in [2.75, 3.05) is 26.7 Å². The van der Waals surface area contributed by atoms with Crippen LogP contribution in [-0.2, 0) is 6.54 Å². The number of aromatic amines is 1. The number of aliphatic imine (C=N–C) groups is 1. The maximum Gasteiger partial charge on any atom is 0.194 e. The van der Waals surface area contributed by atoms with E-state index in [0.717, 1.165) is 29.5 Å². The molecule has 1 aromatic heterocycles. The van der Waals surface area contributed by atoms with Gasteiger partial charge in [-0.05, 0) is 42.8 Å². The van der Waals surface area contributed by atoms with Gasteiger partial charge in [-0.3, -0.25) is 5.10 Å². The molecular weight excluding hydrogens is 498 g/mol. The third-order valence-electron chi connectivity index (χ3n) is 4.23. The summed E-state index contributed by atoms with van der Waals surface area (Å²) in [5, 5.41) is 10.1. The van der Waals surface area contributed by atoms with Gasteiger partial charge >= 0.3 is 0 Å². The van der Waals surface area contributed by atoms with Crippen LogP contribution in [0.3, 0.4) is 0 Å². The summed E-state index contributed by atoms with van der Waals surface area (Å²) < 4.78 is 18.6. The van der Waals surface area contributed by atoms with E-state index in [4.69, 9.17) is 9.73 Å². The van der Waals surface area contributed by atoms with Crippen molar-refractivity contribution in [3.8, 4) is 17.1 Å². The maximum absolute atomic E-state index is 13.0. The van der Waals surface area contributed by atoms with Crippen LogP contribution in [0.5, 0.6) is 5.75 Å². The van der Waals surface area contributed by atoms with Gasteiger partial charge in [0.25, 0.3) is 0 Å². The Hall–Kier alpha value is -2.69. The van der Waals surface area contributed by atoms with E-state index < -0.39 is 0 Å². The number of ether oxygens (including phenoxy) is 1. The predicted molar refractivity (Wildman–Crippen MR) is 127 cm³/mol. The number of rotatable bonds is 8. The van der Waals surface area contributed by atoms with E-state index in [1.165, 1.54) is 18.5 Å². The van der Waals surface area contributed by atoms with Crippen molar-refractivity contribution in [1.29, 1.82) is 0 Å². The van der Waals surface area contributed by atoms with Crippen LogP contribution in [0.15, 0.2) is 59.9 Å². The quantitative estimate of drug-likeness (QED) is 0.267. The molecule has 160 valence electrons. The smallest absolute Gasteiger partial charge is 0.194 e. The topological polar surface area (TPSA) is 78.4 Å². The molecule has 0 fully saturated rings. The number of nitrogens with zero attached hydrogens (tertiary/aromatic N) is 4. The highest BCUT2D eigenvalue weighted by Crippen LogP contribution is 2.16. The highest BCUT2D eigenvalue weighted by Gasteiger charge is 2.07. The lowest BCUT2D eigenvalue weighted by Crippen LogP contribution is -2.40. The number of hydrogen-bond donors (Lipinski definition) is 2.